The summed E-state index contributed by atoms with van der Waals surface area (Å²) in [6.45, 7) is 2.62. The van der Waals surface area contributed by atoms with E-state index in [-0.39, 0.29) is 5.88 Å². The van der Waals surface area contributed by atoms with Gasteiger partial charge in [0.2, 0.25) is 11.8 Å². The van der Waals surface area contributed by atoms with Crippen molar-refractivity contribution in [2.75, 3.05) is 13.7 Å². The van der Waals surface area contributed by atoms with Crippen LogP contribution in [0.3, 0.4) is 0 Å². The highest BCUT2D eigenvalue weighted by Crippen LogP contribution is 2.48. The zero-order valence-electron chi connectivity index (χ0n) is 16.8. The fraction of sp³-hybridized carbons (Fsp3) is 0.217. The number of nitrogens with one attached hydrogen (secondary N) is 1. The van der Waals surface area contributed by atoms with E-state index in [4.69, 9.17) is 19.9 Å². The predicted molar refractivity (Wildman–Crippen MR) is 112 cm³/mol. The highest BCUT2D eigenvalue weighted by atomic mass is 16.5. The van der Waals surface area contributed by atoms with Gasteiger partial charge in [0.1, 0.15) is 23.1 Å². The minimum Gasteiger partial charge on any atom is -0.497 e. The third kappa shape index (κ3) is 3.33. The average Bonchev–Trinajstić information content (AvgIpc) is 3.20. The van der Waals surface area contributed by atoms with E-state index in [9.17, 15) is 5.26 Å². The number of nitriles is 1. The van der Waals surface area contributed by atoms with Crippen molar-refractivity contribution in [2.24, 2.45) is 5.73 Å². The third-order valence-corrected chi connectivity index (χ3v) is 4.99. The monoisotopic (exact) mass is 402 g/mol. The molecule has 30 heavy (non-hydrogen) atoms. The number of ether oxygens (including phenoxy) is 3. The van der Waals surface area contributed by atoms with Crippen molar-refractivity contribution in [1.82, 2.24) is 10.2 Å². The van der Waals surface area contributed by atoms with E-state index in [1.165, 1.54) is 0 Å². The SMILES string of the molecule is CCCOc1ccccc1C1C(C#N)=C(N)Oc2n[nH]c(-c3cccc(OC)c3)c21. The van der Waals surface area contributed by atoms with E-state index in [0.717, 1.165) is 28.8 Å². The number of aromatic nitrogens is 2. The number of rotatable bonds is 6. The number of hydrogen-bond donors (Lipinski definition) is 2. The molecular weight excluding hydrogens is 380 g/mol. The van der Waals surface area contributed by atoms with Crippen molar-refractivity contribution in [3.63, 3.8) is 0 Å². The summed E-state index contributed by atoms with van der Waals surface area (Å²) >= 11 is 0. The highest BCUT2D eigenvalue weighted by molar-refractivity contribution is 5.72. The molecule has 0 saturated carbocycles. The normalized spacial score (nSPS) is 15.2. The maximum Gasteiger partial charge on any atom is 0.244 e. The minimum absolute atomic E-state index is 0.0454. The first-order valence-corrected chi connectivity index (χ1v) is 9.69. The predicted octanol–water partition coefficient (Wildman–Crippen LogP) is 4.09. The lowest BCUT2D eigenvalue weighted by Crippen LogP contribution is -2.21. The van der Waals surface area contributed by atoms with Crippen molar-refractivity contribution in [2.45, 2.75) is 19.3 Å². The molecule has 0 spiro atoms. The molecule has 0 amide bonds. The van der Waals surface area contributed by atoms with Crippen molar-refractivity contribution in [3.05, 3.63) is 71.1 Å². The summed E-state index contributed by atoms with van der Waals surface area (Å²) in [7, 11) is 1.62. The Balaban J connectivity index is 1.92. The van der Waals surface area contributed by atoms with E-state index in [1.54, 1.807) is 7.11 Å². The van der Waals surface area contributed by atoms with Gasteiger partial charge in [-0.2, -0.15) is 5.26 Å². The smallest absolute Gasteiger partial charge is 0.244 e. The Hall–Kier alpha value is -3.92. The number of fused-ring (bicyclic) bond motifs is 1. The van der Waals surface area contributed by atoms with Crippen molar-refractivity contribution >= 4 is 0 Å². The van der Waals surface area contributed by atoms with Crippen LogP contribution >= 0.6 is 0 Å². The molecule has 1 atom stereocenters. The lowest BCUT2D eigenvalue weighted by atomic mass is 9.82. The molecule has 1 aromatic heterocycles. The number of methoxy groups -OCH3 is 1. The second kappa shape index (κ2) is 8.21. The summed E-state index contributed by atoms with van der Waals surface area (Å²) in [6.07, 6.45) is 0.872. The first-order valence-electron chi connectivity index (χ1n) is 9.69. The number of nitrogens with zero attached hydrogens (tertiary/aromatic N) is 2. The second-order valence-electron chi connectivity index (χ2n) is 6.86. The van der Waals surface area contributed by atoms with Crippen molar-refractivity contribution in [1.29, 1.82) is 5.26 Å². The summed E-state index contributed by atoms with van der Waals surface area (Å²) in [5.41, 5.74) is 9.59. The largest absolute Gasteiger partial charge is 0.497 e. The Labute approximate surface area is 174 Å². The van der Waals surface area contributed by atoms with Gasteiger partial charge in [-0.25, -0.2) is 0 Å². The van der Waals surface area contributed by atoms with E-state index in [1.807, 2.05) is 55.5 Å². The molecule has 3 aromatic rings. The number of aromatic amines is 1. The number of nitrogens with two attached hydrogens (primary N) is 1. The molecule has 2 aromatic carbocycles. The first kappa shape index (κ1) is 19.4. The fourth-order valence-corrected chi connectivity index (χ4v) is 3.62. The molecule has 1 aliphatic heterocycles. The van der Waals surface area contributed by atoms with E-state index in [0.29, 0.717) is 29.6 Å². The molecule has 0 bridgehead atoms. The van der Waals surface area contributed by atoms with Crippen LogP contribution in [0.15, 0.2) is 60.0 Å². The van der Waals surface area contributed by atoms with Crippen LogP contribution in [0.1, 0.15) is 30.4 Å². The van der Waals surface area contributed by atoms with Crippen molar-refractivity contribution < 1.29 is 14.2 Å². The lowest BCUT2D eigenvalue weighted by molar-refractivity contribution is 0.312. The molecule has 3 N–H and O–H groups in total. The van der Waals surface area contributed by atoms with Gasteiger partial charge in [0.15, 0.2) is 0 Å². The fourth-order valence-electron chi connectivity index (χ4n) is 3.62. The van der Waals surface area contributed by atoms with Crippen LogP contribution in [0.25, 0.3) is 11.3 Å². The minimum atomic E-state index is -0.480. The Morgan fingerprint density at radius 1 is 1.23 bits per heavy atom. The summed E-state index contributed by atoms with van der Waals surface area (Å²) in [4.78, 5) is 0. The van der Waals surface area contributed by atoms with Gasteiger partial charge in [0, 0.05) is 11.1 Å². The number of hydrogen-bond acceptors (Lipinski definition) is 6. The first-order chi connectivity index (χ1) is 14.7. The molecule has 7 heteroatoms. The molecule has 152 valence electrons. The van der Waals surface area contributed by atoms with Crippen LogP contribution in [-0.2, 0) is 0 Å². The van der Waals surface area contributed by atoms with Crippen LogP contribution in [0.2, 0.25) is 0 Å². The number of para-hydroxylation sites is 1. The van der Waals surface area contributed by atoms with E-state index >= 15 is 0 Å². The molecule has 1 unspecified atom stereocenters. The Kier molecular flexibility index (Phi) is 5.31. The summed E-state index contributed by atoms with van der Waals surface area (Å²) < 4.78 is 17.0. The molecular formula is C23H22N4O3. The van der Waals surface area contributed by atoms with Gasteiger partial charge in [0.25, 0.3) is 0 Å². The third-order valence-electron chi connectivity index (χ3n) is 4.99. The molecule has 2 heterocycles. The number of H-pyrrole nitrogens is 1. The molecule has 0 fully saturated rings. The van der Waals surface area contributed by atoms with Gasteiger partial charge >= 0.3 is 0 Å². The zero-order chi connectivity index (χ0) is 21.1. The van der Waals surface area contributed by atoms with Gasteiger partial charge in [0.05, 0.1) is 30.9 Å². The number of allylic oxidation sites excluding steroid dienone is 1. The van der Waals surface area contributed by atoms with Crippen LogP contribution in [-0.4, -0.2) is 23.9 Å². The molecule has 0 radical (unpaired) electrons. The Morgan fingerprint density at radius 3 is 2.83 bits per heavy atom. The van der Waals surface area contributed by atoms with Crippen LogP contribution in [0.4, 0.5) is 0 Å². The average molecular weight is 402 g/mol. The van der Waals surface area contributed by atoms with Gasteiger partial charge in [-0.15, -0.1) is 5.10 Å². The van der Waals surface area contributed by atoms with Crippen LogP contribution in [0, 0.1) is 11.3 Å². The van der Waals surface area contributed by atoms with E-state index < -0.39 is 5.92 Å². The Bertz CT molecular complexity index is 1140. The highest BCUT2D eigenvalue weighted by Gasteiger charge is 2.37. The van der Waals surface area contributed by atoms with Crippen molar-refractivity contribution in [3.8, 4) is 34.7 Å². The molecule has 0 saturated heterocycles. The Morgan fingerprint density at radius 2 is 2.07 bits per heavy atom. The topological polar surface area (TPSA) is 106 Å². The standard InChI is InChI=1S/C23H22N4O3/c1-3-11-29-18-10-5-4-9-16(18)19-17(13-24)22(25)30-23-20(19)21(26-27-23)14-7-6-8-15(12-14)28-2/h4-10,12,19H,3,11,25H2,1-2H3,(H,26,27). The van der Waals surface area contributed by atoms with Crippen LogP contribution in [0.5, 0.6) is 17.4 Å². The molecule has 7 nitrogen and oxygen atoms in total. The van der Waals surface area contributed by atoms with Gasteiger partial charge in [-0.1, -0.05) is 37.3 Å². The summed E-state index contributed by atoms with van der Waals surface area (Å²) in [5.74, 6) is 1.33. The molecule has 0 aliphatic carbocycles. The van der Waals surface area contributed by atoms with Gasteiger partial charge < -0.3 is 19.9 Å². The van der Waals surface area contributed by atoms with Gasteiger partial charge in [-0.3, -0.25) is 5.10 Å². The maximum atomic E-state index is 9.91. The van der Waals surface area contributed by atoms with Gasteiger partial charge in [-0.05, 0) is 24.6 Å². The quantitative estimate of drug-likeness (QED) is 0.643. The van der Waals surface area contributed by atoms with E-state index in [2.05, 4.69) is 16.3 Å². The molecule has 1 aliphatic rings. The summed E-state index contributed by atoms with van der Waals surface area (Å²) in [5, 5.41) is 17.3. The maximum absolute atomic E-state index is 9.91. The molecule has 4 rings (SSSR count). The number of benzene rings is 2. The summed E-state index contributed by atoms with van der Waals surface area (Å²) in [6, 6.07) is 17.5. The second-order valence-corrected chi connectivity index (χ2v) is 6.86. The van der Waals surface area contributed by atoms with Crippen LogP contribution < -0.4 is 19.9 Å². The lowest BCUT2D eigenvalue weighted by Gasteiger charge is -2.25. The zero-order valence-corrected chi connectivity index (χ0v) is 16.8.